The Morgan fingerprint density at radius 2 is 2.07 bits per heavy atom. The first-order valence-corrected chi connectivity index (χ1v) is 8.63. The summed E-state index contributed by atoms with van der Waals surface area (Å²) in [6.07, 6.45) is -0.340. The second-order valence-corrected chi connectivity index (χ2v) is 6.87. The van der Waals surface area contributed by atoms with Crippen molar-refractivity contribution in [3.05, 3.63) is 41.7 Å². The van der Waals surface area contributed by atoms with E-state index in [0.29, 0.717) is 19.0 Å². The van der Waals surface area contributed by atoms with Crippen LogP contribution in [0.15, 0.2) is 30.3 Å². The number of hydrogen-bond acceptors (Lipinski definition) is 7. The van der Waals surface area contributed by atoms with Gasteiger partial charge in [0.25, 0.3) is 0 Å². The van der Waals surface area contributed by atoms with E-state index in [1.165, 1.54) is 4.68 Å². The van der Waals surface area contributed by atoms with Gasteiger partial charge in [-0.05, 0) is 36.8 Å². The maximum Gasteiger partial charge on any atom is 0.408 e. The second-order valence-electron chi connectivity index (χ2n) is 6.87. The van der Waals surface area contributed by atoms with Gasteiger partial charge >= 0.3 is 6.09 Å². The molecule has 0 saturated carbocycles. The lowest BCUT2D eigenvalue weighted by molar-refractivity contribution is 0.0417. The van der Waals surface area contributed by atoms with E-state index < -0.39 is 17.7 Å². The van der Waals surface area contributed by atoms with Crippen LogP contribution in [0.4, 0.5) is 4.79 Å². The summed E-state index contributed by atoms with van der Waals surface area (Å²) in [5, 5.41) is 23.1. The molecule has 1 aromatic heterocycles. The second kappa shape index (κ2) is 9.64. The Labute approximate surface area is 158 Å². The summed E-state index contributed by atoms with van der Waals surface area (Å²) < 4.78 is 12.6. The van der Waals surface area contributed by atoms with Crippen LogP contribution in [0.3, 0.4) is 0 Å². The third-order valence-electron chi connectivity index (χ3n) is 3.39. The summed E-state index contributed by atoms with van der Waals surface area (Å²) in [6, 6.07) is 11.1. The van der Waals surface area contributed by atoms with Gasteiger partial charge in [0.15, 0.2) is 5.82 Å². The van der Waals surface area contributed by atoms with E-state index in [9.17, 15) is 4.79 Å². The monoisotopic (exact) mass is 372 g/mol. The molecule has 1 amide bonds. The molecular formula is C18H24N6O3. The van der Waals surface area contributed by atoms with Gasteiger partial charge in [-0.25, -0.2) is 9.48 Å². The minimum Gasteiger partial charge on any atom is -0.444 e. The molecule has 144 valence electrons. The normalized spacial score (nSPS) is 12.2. The largest absolute Gasteiger partial charge is 0.444 e. The fourth-order valence-electron chi connectivity index (χ4n) is 2.28. The number of amides is 1. The molecule has 2 aromatic rings. The molecule has 0 saturated heterocycles. The minimum absolute atomic E-state index is 0.154. The van der Waals surface area contributed by atoms with Gasteiger partial charge in [-0.2, -0.15) is 5.26 Å². The van der Waals surface area contributed by atoms with Crippen molar-refractivity contribution in [1.29, 1.82) is 5.26 Å². The van der Waals surface area contributed by atoms with Gasteiger partial charge < -0.3 is 14.8 Å². The van der Waals surface area contributed by atoms with Crippen molar-refractivity contribution in [3.8, 4) is 6.07 Å². The maximum atomic E-state index is 12.2. The van der Waals surface area contributed by atoms with E-state index in [2.05, 4.69) is 20.8 Å². The molecule has 27 heavy (non-hydrogen) atoms. The number of carbonyl (C=O) groups is 1. The van der Waals surface area contributed by atoms with Crippen molar-refractivity contribution in [2.24, 2.45) is 0 Å². The number of hydrogen-bond donors (Lipinski definition) is 1. The number of nitriles is 1. The minimum atomic E-state index is -0.633. The Bertz CT molecular complexity index is 763. The van der Waals surface area contributed by atoms with Crippen LogP contribution in [0.25, 0.3) is 0 Å². The Morgan fingerprint density at radius 3 is 2.74 bits per heavy atom. The maximum absolute atomic E-state index is 12.2. The van der Waals surface area contributed by atoms with E-state index in [1.807, 2.05) is 36.4 Å². The number of benzene rings is 1. The summed E-state index contributed by atoms with van der Waals surface area (Å²) in [5.41, 5.74) is 0.379. The number of aryl methyl sites for hydroxylation is 1. The molecule has 0 bridgehead atoms. The van der Waals surface area contributed by atoms with Gasteiger partial charge in [0.05, 0.1) is 32.2 Å². The van der Waals surface area contributed by atoms with E-state index in [0.717, 1.165) is 5.56 Å². The van der Waals surface area contributed by atoms with Gasteiger partial charge in [0, 0.05) is 0 Å². The number of nitrogens with zero attached hydrogens (tertiary/aromatic N) is 5. The summed E-state index contributed by atoms with van der Waals surface area (Å²) in [4.78, 5) is 12.2. The number of alkyl carbamates (subject to hydrolysis) is 1. The van der Waals surface area contributed by atoms with Crippen LogP contribution in [-0.4, -0.2) is 38.5 Å². The quantitative estimate of drug-likeness (QED) is 0.756. The number of rotatable bonds is 8. The molecule has 1 N–H and O–H groups in total. The van der Waals surface area contributed by atoms with Crippen LogP contribution >= 0.6 is 0 Å². The van der Waals surface area contributed by atoms with Crippen molar-refractivity contribution in [2.75, 3.05) is 6.61 Å². The molecule has 9 nitrogen and oxygen atoms in total. The lowest BCUT2D eigenvalue weighted by Crippen LogP contribution is -2.38. The fraction of sp³-hybridized carbons (Fsp3) is 0.500. The van der Waals surface area contributed by atoms with Gasteiger partial charge in [0.1, 0.15) is 11.6 Å². The Morgan fingerprint density at radius 1 is 1.33 bits per heavy atom. The van der Waals surface area contributed by atoms with Gasteiger partial charge in [-0.1, -0.05) is 30.3 Å². The first kappa shape index (κ1) is 20.3. The Kier molecular flexibility index (Phi) is 7.25. The molecular weight excluding hydrogens is 348 g/mol. The van der Waals surface area contributed by atoms with E-state index in [4.69, 9.17) is 14.7 Å². The molecule has 0 radical (unpaired) electrons. The first-order valence-electron chi connectivity index (χ1n) is 8.63. The van der Waals surface area contributed by atoms with E-state index in [1.54, 1.807) is 20.8 Å². The van der Waals surface area contributed by atoms with Crippen LogP contribution in [0.5, 0.6) is 0 Å². The van der Waals surface area contributed by atoms with Crippen molar-refractivity contribution >= 4 is 6.09 Å². The van der Waals surface area contributed by atoms with Crippen LogP contribution in [0.2, 0.25) is 0 Å². The molecule has 0 aliphatic heterocycles. The molecule has 0 aliphatic carbocycles. The smallest absolute Gasteiger partial charge is 0.408 e. The van der Waals surface area contributed by atoms with Crippen LogP contribution < -0.4 is 5.32 Å². The van der Waals surface area contributed by atoms with Crippen molar-refractivity contribution in [1.82, 2.24) is 25.5 Å². The number of nitrogens with one attached hydrogen (secondary N) is 1. The van der Waals surface area contributed by atoms with Crippen molar-refractivity contribution < 1.29 is 14.3 Å². The molecule has 0 aliphatic rings. The lowest BCUT2D eigenvalue weighted by Gasteiger charge is -2.23. The fourth-order valence-corrected chi connectivity index (χ4v) is 2.28. The average molecular weight is 372 g/mol. The molecule has 2 rings (SSSR count). The van der Waals surface area contributed by atoms with Crippen molar-refractivity contribution in [3.63, 3.8) is 0 Å². The third kappa shape index (κ3) is 7.03. The molecule has 0 fully saturated rings. The predicted octanol–water partition coefficient (Wildman–Crippen LogP) is 2.37. The number of aromatic nitrogens is 4. The van der Waals surface area contributed by atoms with Gasteiger partial charge in [-0.15, -0.1) is 5.10 Å². The average Bonchev–Trinajstić information content (AvgIpc) is 3.07. The van der Waals surface area contributed by atoms with Crippen LogP contribution in [0.1, 0.15) is 44.6 Å². The summed E-state index contributed by atoms with van der Waals surface area (Å²) in [5.74, 6) is 0.407. The first-order chi connectivity index (χ1) is 12.9. The Hall–Kier alpha value is -2.99. The SMILES string of the molecule is CC(C)(C)OC(=O)N[C@H](COCc1ccccc1)c1nnnn1CCC#N. The zero-order valence-electron chi connectivity index (χ0n) is 15.8. The molecule has 0 spiro atoms. The van der Waals surface area contributed by atoms with Crippen LogP contribution in [0, 0.1) is 11.3 Å². The predicted molar refractivity (Wildman–Crippen MR) is 96.3 cm³/mol. The molecule has 1 atom stereocenters. The zero-order chi connectivity index (χ0) is 19.7. The highest BCUT2D eigenvalue weighted by molar-refractivity contribution is 5.68. The Balaban J connectivity index is 2.07. The summed E-state index contributed by atoms with van der Waals surface area (Å²) in [7, 11) is 0. The topological polar surface area (TPSA) is 115 Å². The lowest BCUT2D eigenvalue weighted by atomic mass is 10.2. The summed E-state index contributed by atoms with van der Waals surface area (Å²) in [6.45, 7) is 6.21. The zero-order valence-corrected chi connectivity index (χ0v) is 15.8. The highest BCUT2D eigenvalue weighted by Crippen LogP contribution is 2.14. The number of carbonyl (C=O) groups excluding carboxylic acids is 1. The van der Waals surface area contributed by atoms with E-state index in [-0.39, 0.29) is 13.0 Å². The number of tetrazole rings is 1. The molecule has 1 aromatic carbocycles. The highest BCUT2D eigenvalue weighted by atomic mass is 16.6. The van der Waals surface area contributed by atoms with Crippen LogP contribution in [-0.2, 0) is 22.6 Å². The highest BCUT2D eigenvalue weighted by Gasteiger charge is 2.25. The molecule has 1 heterocycles. The number of ether oxygens (including phenoxy) is 2. The third-order valence-corrected chi connectivity index (χ3v) is 3.39. The molecule has 0 unspecified atom stereocenters. The van der Waals surface area contributed by atoms with Crippen molar-refractivity contribution in [2.45, 2.75) is 52.0 Å². The molecule has 9 heteroatoms. The summed E-state index contributed by atoms with van der Waals surface area (Å²) >= 11 is 0. The van der Waals surface area contributed by atoms with Gasteiger partial charge in [-0.3, -0.25) is 0 Å². The van der Waals surface area contributed by atoms with E-state index >= 15 is 0 Å². The van der Waals surface area contributed by atoms with Gasteiger partial charge in [0.2, 0.25) is 0 Å². The standard InChI is InChI=1S/C18H24N6O3/c1-18(2,3)27-17(25)20-15(13-26-12-14-8-5-4-6-9-14)16-21-22-23-24(16)11-7-10-19/h4-6,8-9,15H,7,11-13H2,1-3H3,(H,20,25)/t15-/m1/s1.